The minimum atomic E-state index is -1.10. The Balaban J connectivity index is 1.89. The first-order chi connectivity index (χ1) is 20.3. The van der Waals surface area contributed by atoms with Crippen LogP contribution >= 0.6 is 11.8 Å². The van der Waals surface area contributed by atoms with Crippen molar-refractivity contribution < 1.29 is 33.1 Å². The van der Waals surface area contributed by atoms with Crippen LogP contribution in [0.25, 0.3) is 0 Å². The lowest BCUT2D eigenvalue weighted by molar-refractivity contribution is -0.143. The Morgan fingerprint density at radius 3 is 2.67 bits per heavy atom. The molecule has 2 atom stereocenters. The summed E-state index contributed by atoms with van der Waals surface area (Å²) in [6.45, 7) is 15.0. The number of hydrogen-bond donors (Lipinski definition) is 2. The number of aliphatic imine (C=N–C) groups is 1. The van der Waals surface area contributed by atoms with Crippen molar-refractivity contribution in [1.82, 2.24) is 10.6 Å². The highest BCUT2D eigenvalue weighted by atomic mass is 32.2. The summed E-state index contributed by atoms with van der Waals surface area (Å²) >= 11 is 1.34. The van der Waals surface area contributed by atoms with Crippen LogP contribution in [0.1, 0.15) is 91.9 Å². The Morgan fingerprint density at radius 1 is 1.26 bits per heavy atom. The number of thioether (sulfide) groups is 1. The van der Waals surface area contributed by atoms with E-state index in [-0.39, 0.29) is 18.9 Å². The van der Waals surface area contributed by atoms with Gasteiger partial charge in [-0.15, -0.1) is 11.8 Å². The van der Waals surface area contributed by atoms with Crippen molar-refractivity contribution in [1.29, 1.82) is 0 Å². The maximum Gasteiger partial charge on any atom is 0.407 e. The molecule has 0 saturated heterocycles. The van der Waals surface area contributed by atoms with Gasteiger partial charge in [-0.1, -0.05) is 37.6 Å². The van der Waals surface area contributed by atoms with E-state index in [4.69, 9.17) is 18.7 Å². The molecule has 238 valence electrons. The van der Waals surface area contributed by atoms with E-state index < -0.39 is 34.9 Å². The van der Waals surface area contributed by atoms with Gasteiger partial charge in [0.05, 0.1) is 12.1 Å². The lowest BCUT2D eigenvalue weighted by atomic mass is 10.0. The molecule has 13 heteroatoms. The molecule has 0 saturated carbocycles. The maximum absolute atomic E-state index is 13.3. The zero-order valence-electron chi connectivity index (χ0n) is 25.9. The summed E-state index contributed by atoms with van der Waals surface area (Å²) in [7, 11) is 0. The van der Waals surface area contributed by atoms with Crippen LogP contribution in [0, 0.1) is 0 Å². The lowest BCUT2D eigenvalue weighted by Gasteiger charge is -2.24. The Labute approximate surface area is 257 Å². The van der Waals surface area contributed by atoms with Crippen molar-refractivity contribution in [2.75, 3.05) is 18.9 Å². The minimum Gasteiger partial charge on any atom is -0.489 e. The van der Waals surface area contributed by atoms with E-state index in [9.17, 15) is 19.2 Å². The van der Waals surface area contributed by atoms with Gasteiger partial charge in [-0.05, 0) is 53.9 Å². The second kappa shape index (κ2) is 16.9. The van der Waals surface area contributed by atoms with Crippen LogP contribution in [0.5, 0.6) is 5.75 Å². The van der Waals surface area contributed by atoms with E-state index in [0.717, 1.165) is 12.8 Å². The van der Waals surface area contributed by atoms with Crippen molar-refractivity contribution >= 4 is 40.5 Å². The molecule has 1 aromatic rings. The normalized spacial score (nSPS) is 17.4. The first-order valence-electron chi connectivity index (χ1n) is 14.4. The second-order valence-electron chi connectivity index (χ2n) is 11.3. The summed E-state index contributed by atoms with van der Waals surface area (Å²) in [5.74, 6) is 0.175. The predicted octanol–water partition coefficient (Wildman–Crippen LogP) is 5.07. The number of carbonyl (C=O) groups is 3. The van der Waals surface area contributed by atoms with Crippen LogP contribution in [-0.4, -0.2) is 58.8 Å². The van der Waals surface area contributed by atoms with Crippen molar-refractivity contribution in [3.05, 3.63) is 41.0 Å². The van der Waals surface area contributed by atoms with Gasteiger partial charge >= 0.3 is 17.7 Å². The summed E-state index contributed by atoms with van der Waals surface area (Å²) in [5.41, 5.74) is -1.84. The van der Waals surface area contributed by atoms with Crippen molar-refractivity contribution in [3.63, 3.8) is 0 Å². The first kappa shape index (κ1) is 35.6. The molecule has 0 aliphatic carbocycles. The number of amides is 2. The standard InChI is InChI=1S/C30H44N4O8S/c1-8-13-22(23-17-21(39-16-9-2)18-25(36)40-23)32-27(37)30(7)19-43-26(33-30)20(3)34-42-24(35)14-11-10-12-15-31-28(38)41-29(4,5)6/h9,17-18,22H,2,8,10-16,19H2,1,3-7H3,(H,31,38)(H,32,37)/b34-20+/t22-,30?/m1/s1. The second-order valence-corrected chi connectivity index (χ2v) is 12.3. The average Bonchev–Trinajstić information content (AvgIpc) is 3.34. The zero-order valence-corrected chi connectivity index (χ0v) is 26.8. The van der Waals surface area contributed by atoms with Gasteiger partial charge in [0, 0.05) is 24.8 Å². The SMILES string of the molecule is C=CCOc1cc([C@@H](CCC)NC(=O)C2(C)CSC(/C(C)=N/OC(=O)CCCCCNC(=O)OC(C)(C)C)=N2)oc(=O)c1. The molecule has 1 unspecified atom stereocenters. The van der Waals surface area contributed by atoms with Crippen LogP contribution in [0.4, 0.5) is 4.79 Å². The third-order valence-corrected chi connectivity index (χ3v) is 7.37. The molecule has 2 N–H and O–H groups in total. The molecule has 0 fully saturated rings. The van der Waals surface area contributed by atoms with Crippen molar-refractivity contribution in [2.24, 2.45) is 10.1 Å². The number of hydrogen-bond acceptors (Lipinski definition) is 11. The third-order valence-electron chi connectivity index (χ3n) is 6.00. The molecule has 0 bridgehead atoms. The van der Waals surface area contributed by atoms with Crippen LogP contribution in [0.3, 0.4) is 0 Å². The summed E-state index contributed by atoms with van der Waals surface area (Å²) in [6, 6.07) is 2.28. The van der Waals surface area contributed by atoms with Gasteiger partial charge in [0.15, 0.2) is 0 Å². The Bertz CT molecular complexity index is 1250. The fourth-order valence-electron chi connectivity index (χ4n) is 3.85. The summed E-state index contributed by atoms with van der Waals surface area (Å²) < 4.78 is 16.0. The molecule has 43 heavy (non-hydrogen) atoms. The van der Waals surface area contributed by atoms with Gasteiger partial charge in [-0.2, -0.15) is 0 Å². The van der Waals surface area contributed by atoms with Crippen LogP contribution < -0.4 is 21.0 Å². The lowest BCUT2D eigenvalue weighted by Crippen LogP contribution is -2.45. The molecule has 1 aliphatic heterocycles. The van der Waals surface area contributed by atoms with Crippen molar-refractivity contribution in [3.8, 4) is 5.75 Å². The van der Waals surface area contributed by atoms with Gasteiger partial charge in [0.25, 0.3) is 0 Å². The highest BCUT2D eigenvalue weighted by molar-refractivity contribution is 8.16. The van der Waals surface area contributed by atoms with E-state index in [2.05, 4.69) is 27.4 Å². The molecule has 0 spiro atoms. The number of carbonyl (C=O) groups excluding carboxylic acids is 3. The smallest absolute Gasteiger partial charge is 0.407 e. The minimum absolute atomic E-state index is 0.178. The van der Waals surface area contributed by atoms with Crippen LogP contribution in [0.2, 0.25) is 0 Å². The summed E-state index contributed by atoms with van der Waals surface area (Å²) in [4.78, 5) is 58.9. The predicted molar refractivity (Wildman–Crippen MR) is 167 cm³/mol. The highest BCUT2D eigenvalue weighted by Crippen LogP contribution is 2.30. The maximum atomic E-state index is 13.3. The number of unbranched alkanes of at least 4 members (excludes halogenated alkanes) is 2. The van der Waals surface area contributed by atoms with Gasteiger partial charge in [-0.3, -0.25) is 9.79 Å². The third kappa shape index (κ3) is 12.7. The average molecular weight is 621 g/mol. The molecule has 12 nitrogen and oxygen atoms in total. The largest absolute Gasteiger partial charge is 0.489 e. The van der Waals surface area contributed by atoms with Crippen LogP contribution in [-0.2, 0) is 19.2 Å². The fraction of sp³-hybridized carbons (Fsp3) is 0.600. The molecule has 0 radical (unpaired) electrons. The number of nitrogens with zero attached hydrogens (tertiary/aromatic N) is 2. The molecular formula is C30H44N4O8S. The molecule has 0 aromatic carbocycles. The number of ether oxygens (including phenoxy) is 2. The van der Waals surface area contributed by atoms with E-state index in [1.807, 2.05) is 6.92 Å². The first-order valence-corrected chi connectivity index (χ1v) is 15.4. The van der Waals surface area contributed by atoms with Crippen molar-refractivity contribution in [2.45, 2.75) is 97.2 Å². The Hall–Kier alpha value is -3.61. The Morgan fingerprint density at radius 2 is 2.00 bits per heavy atom. The molecule has 1 aliphatic rings. The molecule has 1 aromatic heterocycles. The quantitative estimate of drug-likeness (QED) is 0.0846. The fourth-order valence-corrected chi connectivity index (χ4v) is 4.98. The summed E-state index contributed by atoms with van der Waals surface area (Å²) in [5, 5.41) is 10.1. The number of alkyl carbamates (subject to hydrolysis) is 1. The van der Waals surface area contributed by atoms with E-state index in [1.165, 1.54) is 17.8 Å². The van der Waals surface area contributed by atoms with Crippen LogP contribution in [0.15, 0.2) is 44.1 Å². The van der Waals surface area contributed by atoms with Gasteiger partial charge in [-0.25, -0.2) is 14.4 Å². The van der Waals surface area contributed by atoms with Gasteiger partial charge in [0.1, 0.15) is 40.0 Å². The highest BCUT2D eigenvalue weighted by Gasteiger charge is 2.40. The Kier molecular flexibility index (Phi) is 14.0. The van der Waals surface area contributed by atoms with E-state index >= 15 is 0 Å². The monoisotopic (exact) mass is 620 g/mol. The van der Waals surface area contributed by atoms with Gasteiger partial charge < -0.3 is 29.4 Å². The van der Waals surface area contributed by atoms with Gasteiger partial charge in [0.2, 0.25) is 5.91 Å². The van der Waals surface area contributed by atoms with E-state index in [0.29, 0.717) is 53.8 Å². The molecule has 2 amide bonds. The molecular weight excluding hydrogens is 576 g/mol. The zero-order chi connectivity index (χ0) is 32.0. The van der Waals surface area contributed by atoms with E-state index in [1.54, 1.807) is 46.8 Å². The topological polar surface area (TPSA) is 158 Å². The molecule has 2 heterocycles. The number of nitrogens with one attached hydrogen (secondary N) is 2. The number of rotatable bonds is 16. The molecule has 2 rings (SSSR count). The number of oxime groups is 1. The summed E-state index contributed by atoms with van der Waals surface area (Å²) in [6.07, 6.45) is 4.55.